The van der Waals surface area contributed by atoms with E-state index in [1.807, 2.05) is 57.4 Å². The largest absolute Gasteiger partial charge is 0.370 e. The third-order valence-electron chi connectivity index (χ3n) is 4.28. The lowest BCUT2D eigenvalue weighted by Gasteiger charge is -2.06. The minimum atomic E-state index is -0.333. The number of carbonyl (C=O) groups is 1. The van der Waals surface area contributed by atoms with Crippen molar-refractivity contribution in [3.05, 3.63) is 83.1 Å². The van der Waals surface area contributed by atoms with Crippen molar-refractivity contribution in [2.24, 2.45) is 16.6 Å². The number of amides is 1. The van der Waals surface area contributed by atoms with Crippen LogP contribution < -0.4 is 11.1 Å². The Morgan fingerprint density at radius 3 is 2.26 bits per heavy atom. The third kappa shape index (κ3) is 42.5. The van der Waals surface area contributed by atoms with Crippen LogP contribution in [0, 0.1) is 17.8 Å². The number of nitrogens with zero attached hydrogens (tertiary/aromatic N) is 1. The van der Waals surface area contributed by atoms with Gasteiger partial charge in [0, 0.05) is 24.6 Å². The fourth-order valence-electron chi connectivity index (χ4n) is 2.30. The van der Waals surface area contributed by atoms with Crippen molar-refractivity contribution in [3.8, 4) is 11.8 Å². The standard InChI is InChI=1S/C16H21Cl.C7H17N.C6H5N.C3H8.C2H5NO/c1-6-9-11-13(4)14(5)15(10-7-2)12-16(17)8-3;1-7(2)5-4-6-8-3;1-2-4-6-7-5-3-1;1-3-2;1-2(3)4/h6-12H,1H2,2-5H3;7-8H,4-6H2,1-3H3;3,5-6H,1H2;3H2,1-2H3;1H3,(H2,3,4)/b10-7-,11-9-,14-13+,15-12+,16-8-;;;;. The first-order chi connectivity index (χ1) is 18.5. The van der Waals surface area contributed by atoms with Gasteiger partial charge in [-0.2, -0.15) is 0 Å². The van der Waals surface area contributed by atoms with Crippen molar-refractivity contribution in [3.63, 3.8) is 0 Å². The molecule has 0 aromatic heterocycles. The van der Waals surface area contributed by atoms with E-state index < -0.39 is 0 Å². The zero-order chi connectivity index (χ0) is 30.9. The number of carbonyl (C=O) groups excluding carboxylic acids is 1. The van der Waals surface area contributed by atoms with Crippen LogP contribution >= 0.6 is 11.6 Å². The number of hydrogen-bond acceptors (Lipinski definition) is 3. The van der Waals surface area contributed by atoms with Crippen LogP contribution in [0.15, 0.2) is 88.1 Å². The predicted octanol–water partition coefficient (Wildman–Crippen LogP) is 9.24. The Labute approximate surface area is 246 Å². The monoisotopic (exact) mass is 557 g/mol. The minimum absolute atomic E-state index is 0.333. The molecule has 0 saturated carbocycles. The van der Waals surface area contributed by atoms with Crippen LogP contribution in [-0.2, 0) is 4.79 Å². The van der Waals surface area contributed by atoms with Gasteiger partial charge in [0.05, 0.1) is 6.21 Å². The summed E-state index contributed by atoms with van der Waals surface area (Å²) >= 11 is 6.04. The van der Waals surface area contributed by atoms with Gasteiger partial charge in [0.15, 0.2) is 0 Å². The van der Waals surface area contributed by atoms with Gasteiger partial charge >= 0.3 is 0 Å². The highest BCUT2D eigenvalue weighted by molar-refractivity contribution is 6.31. The normalized spacial score (nSPS) is 12.7. The Kier molecular flexibility index (Phi) is 38.9. The number of rotatable bonds is 9. The zero-order valence-electron chi connectivity index (χ0n) is 26.4. The second kappa shape index (κ2) is 35.1. The SMILES string of the molecule is C1#CCC=CN=C1.C=C\C=C/C(C)=C(C)/C(/C=C\C)=C/C(Cl)=C/C.CC(N)=O.CCC.CNCCCC(C)C. The first kappa shape index (κ1) is 43.2. The summed E-state index contributed by atoms with van der Waals surface area (Å²) in [6.45, 7) is 23.0. The molecule has 1 amide bonds. The molecule has 0 fully saturated rings. The smallest absolute Gasteiger partial charge is 0.214 e. The maximum Gasteiger partial charge on any atom is 0.214 e. The van der Waals surface area contributed by atoms with E-state index in [4.69, 9.17) is 11.6 Å². The molecule has 0 saturated heterocycles. The highest BCUT2D eigenvalue weighted by Gasteiger charge is 1.99. The topological polar surface area (TPSA) is 67.5 Å². The predicted molar refractivity (Wildman–Crippen MR) is 179 cm³/mol. The van der Waals surface area contributed by atoms with Gasteiger partial charge in [-0.25, -0.2) is 0 Å². The van der Waals surface area contributed by atoms with Gasteiger partial charge in [0.25, 0.3) is 0 Å². The lowest BCUT2D eigenvalue weighted by atomic mass is 10.0. The van der Waals surface area contributed by atoms with Gasteiger partial charge in [-0.05, 0) is 82.8 Å². The molecule has 0 bridgehead atoms. The summed E-state index contributed by atoms with van der Waals surface area (Å²) in [5, 5.41) is 3.87. The van der Waals surface area contributed by atoms with Crippen molar-refractivity contribution >= 4 is 23.7 Å². The van der Waals surface area contributed by atoms with E-state index in [-0.39, 0.29) is 5.91 Å². The van der Waals surface area contributed by atoms with E-state index in [1.54, 1.807) is 18.5 Å². The fourth-order valence-corrected chi connectivity index (χ4v) is 2.42. The second-order valence-electron chi connectivity index (χ2n) is 8.82. The van der Waals surface area contributed by atoms with Gasteiger partial charge in [-0.15, -0.1) is 0 Å². The van der Waals surface area contributed by atoms with Crippen LogP contribution in [0.2, 0.25) is 0 Å². The molecule has 1 rings (SSSR count). The van der Waals surface area contributed by atoms with Crippen molar-refractivity contribution < 1.29 is 4.79 Å². The summed E-state index contributed by atoms with van der Waals surface area (Å²) in [6, 6.07) is 0. The molecule has 0 radical (unpaired) electrons. The second-order valence-corrected chi connectivity index (χ2v) is 9.26. The third-order valence-corrected chi connectivity index (χ3v) is 4.61. The van der Waals surface area contributed by atoms with E-state index in [2.05, 4.69) is 82.1 Å². The molecule has 0 aromatic carbocycles. The molecule has 0 atom stereocenters. The van der Waals surface area contributed by atoms with Crippen LogP contribution in [-0.4, -0.2) is 25.7 Å². The fraction of sp³-hybridized carbons (Fsp3) is 0.471. The van der Waals surface area contributed by atoms with E-state index in [1.165, 1.54) is 37.3 Å². The Hall–Kier alpha value is -2.87. The van der Waals surface area contributed by atoms with Crippen molar-refractivity contribution in [2.45, 2.75) is 88.0 Å². The summed E-state index contributed by atoms with van der Waals surface area (Å²) in [4.78, 5) is 13.0. The average molecular weight is 558 g/mol. The van der Waals surface area contributed by atoms with E-state index in [0.29, 0.717) is 0 Å². The molecule has 0 aliphatic carbocycles. The molecular weight excluding hydrogens is 502 g/mol. The Balaban J connectivity index is -0.000000230. The van der Waals surface area contributed by atoms with Crippen LogP contribution in [0.3, 0.4) is 0 Å². The maximum atomic E-state index is 9.22. The summed E-state index contributed by atoms with van der Waals surface area (Å²) < 4.78 is 0. The molecule has 4 nitrogen and oxygen atoms in total. The van der Waals surface area contributed by atoms with Gasteiger partial charge in [-0.3, -0.25) is 9.79 Å². The van der Waals surface area contributed by atoms with Gasteiger partial charge < -0.3 is 11.1 Å². The number of halogens is 1. The van der Waals surface area contributed by atoms with Crippen molar-refractivity contribution in [1.82, 2.24) is 5.32 Å². The highest BCUT2D eigenvalue weighted by Crippen LogP contribution is 2.20. The molecule has 3 N–H and O–H groups in total. The summed E-state index contributed by atoms with van der Waals surface area (Å²) in [7, 11) is 2.00. The van der Waals surface area contributed by atoms with Gasteiger partial charge in [0.1, 0.15) is 0 Å². The first-order valence-electron chi connectivity index (χ1n) is 13.7. The van der Waals surface area contributed by atoms with Gasteiger partial charge in [-0.1, -0.05) is 107 Å². The molecule has 0 spiro atoms. The van der Waals surface area contributed by atoms with Crippen molar-refractivity contribution in [1.29, 1.82) is 0 Å². The molecule has 1 aliphatic heterocycles. The molecule has 39 heavy (non-hydrogen) atoms. The molecule has 0 unspecified atom stereocenters. The first-order valence-corrected chi connectivity index (χ1v) is 14.0. The van der Waals surface area contributed by atoms with Gasteiger partial charge in [0.2, 0.25) is 5.91 Å². The van der Waals surface area contributed by atoms with Crippen LogP contribution in [0.4, 0.5) is 0 Å². The maximum absolute atomic E-state index is 9.22. The molecule has 5 heteroatoms. The van der Waals surface area contributed by atoms with Crippen LogP contribution in [0.5, 0.6) is 0 Å². The van der Waals surface area contributed by atoms with E-state index >= 15 is 0 Å². The highest BCUT2D eigenvalue weighted by atomic mass is 35.5. The summed E-state index contributed by atoms with van der Waals surface area (Å²) in [5.41, 5.74) is 8.01. The summed E-state index contributed by atoms with van der Waals surface area (Å²) in [5.74, 6) is 6.14. The van der Waals surface area contributed by atoms with E-state index in [0.717, 1.165) is 29.5 Å². The van der Waals surface area contributed by atoms with Crippen LogP contribution in [0.1, 0.15) is 88.0 Å². The molecular formula is C34H56ClN3O. The Bertz CT molecular complexity index is 885. The average Bonchev–Trinajstić information content (AvgIpc) is 3.21. The van der Waals surface area contributed by atoms with Crippen molar-refractivity contribution in [2.75, 3.05) is 13.6 Å². The lowest BCUT2D eigenvalue weighted by Crippen LogP contribution is -2.08. The Morgan fingerprint density at radius 1 is 1.21 bits per heavy atom. The zero-order valence-corrected chi connectivity index (χ0v) is 27.2. The number of nitrogens with two attached hydrogens (primary N) is 1. The quantitative estimate of drug-likeness (QED) is 0.168. The molecule has 220 valence electrons. The number of hydrogen-bond donors (Lipinski definition) is 2. The molecule has 0 aromatic rings. The van der Waals surface area contributed by atoms with E-state index in [9.17, 15) is 4.79 Å². The Morgan fingerprint density at radius 2 is 1.79 bits per heavy atom. The minimum Gasteiger partial charge on any atom is -0.370 e. The lowest BCUT2D eigenvalue weighted by molar-refractivity contribution is -0.115. The van der Waals surface area contributed by atoms with Crippen LogP contribution in [0.25, 0.3) is 0 Å². The molecule has 1 aliphatic rings. The number of primary amides is 1. The number of allylic oxidation sites excluding steroid dienone is 12. The molecule has 1 heterocycles. The summed E-state index contributed by atoms with van der Waals surface area (Å²) in [6.07, 6.45) is 23.7. The number of nitrogens with one attached hydrogen (secondary N) is 1. The number of aliphatic imine (C=N–C) groups is 1.